The molecular weight excluding hydrogens is 331 g/mol. The molecule has 0 N–H and O–H groups in total. The standard InChI is InChI=1S/C20H19FN4O/c21-19-4-2-1-3-17(19)12-25(18-9-10-18)20(26)16-7-5-15(6-8-16)11-24-14-22-13-23-24/h1-8,13-14,18H,9-12H2. The lowest BCUT2D eigenvalue weighted by Crippen LogP contribution is -2.32. The summed E-state index contributed by atoms with van der Waals surface area (Å²) in [6, 6.07) is 14.3. The SMILES string of the molecule is O=C(c1ccc(Cn2cncn2)cc1)N(Cc1ccccc1F)C1CC1. The van der Waals surface area contributed by atoms with Crippen LogP contribution < -0.4 is 0 Å². The molecule has 4 rings (SSSR count). The van der Waals surface area contributed by atoms with Crippen molar-refractivity contribution in [2.24, 2.45) is 0 Å². The minimum absolute atomic E-state index is 0.0527. The van der Waals surface area contributed by atoms with Gasteiger partial charge in [-0.25, -0.2) is 14.1 Å². The first-order chi connectivity index (χ1) is 12.7. The predicted octanol–water partition coefficient (Wildman–Crippen LogP) is 3.27. The number of carbonyl (C=O) groups is 1. The van der Waals surface area contributed by atoms with Gasteiger partial charge in [-0.1, -0.05) is 30.3 Å². The first kappa shape index (κ1) is 16.4. The molecule has 1 aromatic heterocycles. The Balaban J connectivity index is 1.50. The van der Waals surface area contributed by atoms with E-state index in [-0.39, 0.29) is 17.8 Å². The Morgan fingerprint density at radius 1 is 1.15 bits per heavy atom. The van der Waals surface area contributed by atoms with E-state index in [2.05, 4.69) is 10.1 Å². The quantitative estimate of drug-likeness (QED) is 0.686. The van der Waals surface area contributed by atoms with Gasteiger partial charge in [0, 0.05) is 23.7 Å². The molecule has 1 amide bonds. The van der Waals surface area contributed by atoms with Crippen molar-refractivity contribution in [3.63, 3.8) is 0 Å². The molecule has 3 aromatic rings. The summed E-state index contributed by atoms with van der Waals surface area (Å²) >= 11 is 0. The Morgan fingerprint density at radius 2 is 1.92 bits per heavy atom. The zero-order valence-corrected chi connectivity index (χ0v) is 14.3. The highest BCUT2D eigenvalue weighted by Crippen LogP contribution is 2.30. The highest BCUT2D eigenvalue weighted by atomic mass is 19.1. The number of hydrogen-bond donors (Lipinski definition) is 0. The van der Waals surface area contributed by atoms with Crippen molar-refractivity contribution < 1.29 is 9.18 Å². The Hall–Kier alpha value is -3.02. The maximum absolute atomic E-state index is 14.0. The molecule has 0 radical (unpaired) electrons. The molecule has 0 bridgehead atoms. The van der Waals surface area contributed by atoms with Crippen molar-refractivity contribution in [3.05, 3.63) is 83.7 Å². The molecule has 2 aromatic carbocycles. The normalized spacial score (nSPS) is 13.6. The van der Waals surface area contributed by atoms with Crippen LogP contribution in [0.3, 0.4) is 0 Å². The summed E-state index contributed by atoms with van der Waals surface area (Å²) < 4.78 is 15.7. The van der Waals surface area contributed by atoms with Crippen molar-refractivity contribution in [2.75, 3.05) is 0 Å². The van der Waals surface area contributed by atoms with Crippen molar-refractivity contribution in [2.45, 2.75) is 32.0 Å². The van der Waals surface area contributed by atoms with E-state index >= 15 is 0 Å². The summed E-state index contributed by atoms with van der Waals surface area (Å²) in [7, 11) is 0. The van der Waals surface area contributed by atoms with Gasteiger partial charge >= 0.3 is 0 Å². The number of nitrogens with zero attached hydrogens (tertiary/aromatic N) is 4. The van der Waals surface area contributed by atoms with Crippen LogP contribution in [-0.4, -0.2) is 31.6 Å². The van der Waals surface area contributed by atoms with Crippen LogP contribution in [0.2, 0.25) is 0 Å². The molecule has 6 heteroatoms. The fourth-order valence-corrected chi connectivity index (χ4v) is 2.98. The fraction of sp³-hybridized carbons (Fsp3) is 0.250. The van der Waals surface area contributed by atoms with Gasteiger partial charge in [0.1, 0.15) is 18.5 Å². The highest BCUT2D eigenvalue weighted by Gasteiger charge is 2.33. The minimum Gasteiger partial charge on any atom is -0.331 e. The monoisotopic (exact) mass is 350 g/mol. The molecule has 0 aliphatic heterocycles. The second-order valence-corrected chi connectivity index (χ2v) is 6.55. The van der Waals surface area contributed by atoms with E-state index in [1.807, 2.05) is 24.3 Å². The lowest BCUT2D eigenvalue weighted by atomic mass is 10.1. The summed E-state index contributed by atoms with van der Waals surface area (Å²) in [5.41, 5.74) is 2.21. The molecule has 0 saturated heterocycles. The van der Waals surface area contributed by atoms with Crippen LogP contribution >= 0.6 is 0 Å². The van der Waals surface area contributed by atoms with Gasteiger partial charge in [-0.3, -0.25) is 4.79 Å². The van der Waals surface area contributed by atoms with Gasteiger partial charge in [0.15, 0.2) is 0 Å². The van der Waals surface area contributed by atoms with Gasteiger partial charge in [-0.05, 0) is 36.6 Å². The van der Waals surface area contributed by atoms with Crippen LogP contribution in [-0.2, 0) is 13.1 Å². The zero-order chi connectivity index (χ0) is 17.9. The van der Waals surface area contributed by atoms with E-state index in [1.54, 1.807) is 34.1 Å². The van der Waals surface area contributed by atoms with Crippen LogP contribution in [0.5, 0.6) is 0 Å². The fourth-order valence-electron chi connectivity index (χ4n) is 2.98. The van der Waals surface area contributed by atoms with Crippen molar-refractivity contribution in [1.29, 1.82) is 0 Å². The van der Waals surface area contributed by atoms with Crippen LogP contribution in [0.4, 0.5) is 4.39 Å². The van der Waals surface area contributed by atoms with Gasteiger partial charge in [0.25, 0.3) is 5.91 Å². The molecule has 1 fully saturated rings. The third-order valence-electron chi connectivity index (χ3n) is 4.56. The first-order valence-electron chi connectivity index (χ1n) is 8.66. The van der Waals surface area contributed by atoms with Crippen LogP contribution in [0, 0.1) is 5.82 Å². The number of aromatic nitrogens is 3. The highest BCUT2D eigenvalue weighted by molar-refractivity contribution is 5.94. The number of carbonyl (C=O) groups excluding carboxylic acids is 1. The molecule has 1 aliphatic rings. The summed E-state index contributed by atoms with van der Waals surface area (Å²) in [6.45, 7) is 0.910. The first-order valence-corrected chi connectivity index (χ1v) is 8.66. The minimum atomic E-state index is -0.269. The molecule has 0 atom stereocenters. The summed E-state index contributed by atoms with van der Waals surface area (Å²) in [5, 5.41) is 4.08. The number of amides is 1. The van der Waals surface area contributed by atoms with E-state index in [4.69, 9.17) is 0 Å². The van der Waals surface area contributed by atoms with E-state index in [9.17, 15) is 9.18 Å². The average molecular weight is 350 g/mol. The average Bonchev–Trinajstić information content (AvgIpc) is 3.37. The number of halogens is 1. The second-order valence-electron chi connectivity index (χ2n) is 6.55. The Labute approximate surface area is 151 Å². The largest absolute Gasteiger partial charge is 0.331 e. The van der Waals surface area contributed by atoms with Gasteiger partial charge in [-0.15, -0.1) is 0 Å². The van der Waals surface area contributed by atoms with Crippen molar-refractivity contribution in [3.8, 4) is 0 Å². The molecule has 0 spiro atoms. The Morgan fingerprint density at radius 3 is 2.58 bits per heavy atom. The van der Waals surface area contributed by atoms with Gasteiger partial charge < -0.3 is 4.90 Å². The lowest BCUT2D eigenvalue weighted by Gasteiger charge is -2.23. The van der Waals surface area contributed by atoms with Crippen molar-refractivity contribution in [1.82, 2.24) is 19.7 Å². The molecule has 26 heavy (non-hydrogen) atoms. The molecule has 1 heterocycles. The molecule has 5 nitrogen and oxygen atoms in total. The lowest BCUT2D eigenvalue weighted by molar-refractivity contribution is 0.0728. The smallest absolute Gasteiger partial charge is 0.254 e. The van der Waals surface area contributed by atoms with Gasteiger partial charge in [0.05, 0.1) is 6.54 Å². The topological polar surface area (TPSA) is 51.0 Å². The maximum atomic E-state index is 14.0. The van der Waals surface area contributed by atoms with Crippen molar-refractivity contribution >= 4 is 5.91 Å². The van der Waals surface area contributed by atoms with Crippen LogP contribution in [0.25, 0.3) is 0 Å². The van der Waals surface area contributed by atoms with E-state index in [1.165, 1.54) is 12.4 Å². The van der Waals surface area contributed by atoms with E-state index < -0.39 is 0 Å². The molecule has 132 valence electrons. The molecule has 1 saturated carbocycles. The Kier molecular flexibility index (Phi) is 4.48. The maximum Gasteiger partial charge on any atom is 0.254 e. The van der Waals surface area contributed by atoms with E-state index in [0.717, 1.165) is 18.4 Å². The molecule has 1 aliphatic carbocycles. The predicted molar refractivity (Wildman–Crippen MR) is 94.9 cm³/mol. The zero-order valence-electron chi connectivity index (χ0n) is 14.3. The number of benzene rings is 2. The van der Waals surface area contributed by atoms with E-state index in [0.29, 0.717) is 24.2 Å². The molecule has 0 unspecified atom stereocenters. The summed E-state index contributed by atoms with van der Waals surface area (Å²) in [5.74, 6) is -0.322. The molecular formula is C20H19FN4O. The van der Waals surface area contributed by atoms with Gasteiger partial charge in [-0.2, -0.15) is 5.10 Å². The Bertz CT molecular complexity index is 888. The third-order valence-corrected chi connectivity index (χ3v) is 4.56. The second kappa shape index (κ2) is 7.07. The van der Waals surface area contributed by atoms with Crippen LogP contribution in [0.1, 0.15) is 34.3 Å². The van der Waals surface area contributed by atoms with Crippen LogP contribution in [0.15, 0.2) is 61.2 Å². The number of hydrogen-bond acceptors (Lipinski definition) is 3. The summed E-state index contributed by atoms with van der Waals surface area (Å²) in [4.78, 5) is 18.6. The van der Waals surface area contributed by atoms with Gasteiger partial charge in [0.2, 0.25) is 0 Å². The number of rotatable bonds is 6. The summed E-state index contributed by atoms with van der Waals surface area (Å²) in [6.07, 6.45) is 5.10. The third kappa shape index (κ3) is 3.64.